The molecule has 0 saturated heterocycles. The fourth-order valence-electron chi connectivity index (χ4n) is 0.824. The second-order valence-electron chi connectivity index (χ2n) is 2.29. The molecule has 0 bridgehead atoms. The Morgan fingerprint density at radius 1 is 1.75 bits per heavy atom. The van der Waals surface area contributed by atoms with E-state index in [4.69, 9.17) is 5.26 Å². The predicted molar refractivity (Wildman–Crippen MR) is 47.7 cm³/mol. The lowest BCUT2D eigenvalue weighted by molar-refractivity contribution is 0.603. The fraction of sp³-hybridized carbons (Fsp3) is 0.571. The van der Waals surface area contributed by atoms with Gasteiger partial charge in [-0.2, -0.15) is 17.0 Å². The molecule has 4 nitrogen and oxygen atoms in total. The van der Waals surface area contributed by atoms with Crippen LogP contribution in [-0.2, 0) is 6.54 Å². The van der Waals surface area contributed by atoms with Crippen molar-refractivity contribution in [2.75, 3.05) is 12.0 Å². The Balaban J connectivity index is 2.38. The van der Waals surface area contributed by atoms with E-state index in [0.29, 0.717) is 0 Å². The largest absolute Gasteiger partial charge is 0.252 e. The van der Waals surface area contributed by atoms with Crippen LogP contribution in [0.4, 0.5) is 0 Å². The van der Waals surface area contributed by atoms with E-state index in [-0.39, 0.29) is 5.82 Å². The zero-order valence-electron chi connectivity index (χ0n) is 6.90. The minimum atomic E-state index is 0.249. The first-order valence-corrected chi connectivity index (χ1v) is 5.04. The van der Waals surface area contributed by atoms with Crippen LogP contribution in [-0.4, -0.2) is 26.8 Å². The molecule has 0 unspecified atom stereocenters. The molecule has 0 atom stereocenters. The molecule has 64 valence electrons. The van der Waals surface area contributed by atoms with E-state index in [1.165, 1.54) is 0 Å². The number of aryl methyl sites for hydroxylation is 1. The van der Waals surface area contributed by atoms with Gasteiger partial charge >= 0.3 is 0 Å². The van der Waals surface area contributed by atoms with Crippen LogP contribution in [0.1, 0.15) is 12.2 Å². The third kappa shape index (κ3) is 2.55. The molecule has 5 heteroatoms. The first-order valence-electron chi connectivity index (χ1n) is 3.65. The van der Waals surface area contributed by atoms with Crippen molar-refractivity contribution < 1.29 is 0 Å². The zero-order chi connectivity index (χ0) is 8.81. The molecule has 0 fully saturated rings. The molecular formula is C7H10N4S. The molecule has 1 rings (SSSR count). The highest BCUT2D eigenvalue weighted by molar-refractivity contribution is 7.98. The van der Waals surface area contributed by atoms with E-state index in [0.717, 1.165) is 18.7 Å². The molecule has 0 N–H and O–H groups in total. The Hall–Kier alpha value is -1.02. The van der Waals surface area contributed by atoms with Gasteiger partial charge in [-0.1, -0.05) is 0 Å². The molecule has 0 radical (unpaired) electrons. The average molecular weight is 182 g/mol. The van der Waals surface area contributed by atoms with Crippen molar-refractivity contribution in [1.82, 2.24) is 14.8 Å². The number of hydrogen-bond acceptors (Lipinski definition) is 4. The molecule has 1 aromatic heterocycles. The summed E-state index contributed by atoms with van der Waals surface area (Å²) in [4.78, 5) is 3.80. The van der Waals surface area contributed by atoms with E-state index in [1.807, 2.05) is 6.07 Å². The van der Waals surface area contributed by atoms with Crippen LogP contribution >= 0.6 is 11.8 Å². The summed E-state index contributed by atoms with van der Waals surface area (Å²) in [5, 5.41) is 12.4. The summed E-state index contributed by atoms with van der Waals surface area (Å²) in [6.07, 6.45) is 4.73. The molecule has 0 aliphatic carbocycles. The molecule has 0 spiro atoms. The van der Waals surface area contributed by atoms with Crippen molar-refractivity contribution >= 4 is 11.8 Å². The smallest absolute Gasteiger partial charge is 0.252 e. The summed E-state index contributed by atoms with van der Waals surface area (Å²) in [6, 6.07) is 1.89. The van der Waals surface area contributed by atoms with Crippen LogP contribution < -0.4 is 0 Å². The van der Waals surface area contributed by atoms with Gasteiger partial charge < -0.3 is 0 Å². The molecule has 0 saturated carbocycles. The highest BCUT2D eigenvalue weighted by Crippen LogP contribution is 1.97. The fourth-order valence-corrected chi connectivity index (χ4v) is 1.24. The summed E-state index contributed by atoms with van der Waals surface area (Å²) >= 11 is 1.81. The van der Waals surface area contributed by atoms with Gasteiger partial charge in [-0.15, -0.1) is 5.10 Å². The molecule has 0 aliphatic heterocycles. The monoisotopic (exact) mass is 182 g/mol. The highest BCUT2D eigenvalue weighted by Gasteiger charge is 1.97. The van der Waals surface area contributed by atoms with E-state index in [1.54, 1.807) is 22.8 Å². The second-order valence-corrected chi connectivity index (χ2v) is 3.28. The third-order valence-electron chi connectivity index (χ3n) is 1.37. The first-order chi connectivity index (χ1) is 5.86. The summed E-state index contributed by atoms with van der Waals surface area (Å²) in [6.45, 7) is 0.843. The molecule has 12 heavy (non-hydrogen) atoms. The summed E-state index contributed by atoms with van der Waals surface area (Å²) in [5.74, 6) is 1.36. The lowest BCUT2D eigenvalue weighted by Gasteiger charge is -1.96. The maximum atomic E-state index is 8.43. The maximum absolute atomic E-state index is 8.43. The van der Waals surface area contributed by atoms with Crippen molar-refractivity contribution in [3.05, 3.63) is 12.2 Å². The SMILES string of the molecule is CSCCCn1cnc(C#N)n1. The van der Waals surface area contributed by atoms with Gasteiger partial charge in [0.25, 0.3) is 5.82 Å². The number of thioether (sulfide) groups is 1. The second kappa shape index (κ2) is 4.78. The molecule has 0 aromatic carbocycles. The third-order valence-corrected chi connectivity index (χ3v) is 2.07. The van der Waals surface area contributed by atoms with Gasteiger partial charge in [-0.25, -0.2) is 4.98 Å². The lowest BCUT2D eigenvalue weighted by Crippen LogP contribution is -1.99. The number of aromatic nitrogens is 3. The van der Waals surface area contributed by atoms with Crippen LogP contribution in [0.15, 0.2) is 6.33 Å². The van der Waals surface area contributed by atoms with Gasteiger partial charge in [-0.3, -0.25) is 4.68 Å². The molecular weight excluding hydrogens is 172 g/mol. The van der Waals surface area contributed by atoms with Crippen molar-refractivity contribution in [2.24, 2.45) is 0 Å². The zero-order valence-corrected chi connectivity index (χ0v) is 7.71. The van der Waals surface area contributed by atoms with Crippen molar-refractivity contribution in [3.8, 4) is 6.07 Å². The van der Waals surface area contributed by atoms with E-state index < -0.39 is 0 Å². The van der Waals surface area contributed by atoms with E-state index >= 15 is 0 Å². The normalized spacial score (nSPS) is 9.67. The lowest BCUT2D eigenvalue weighted by atomic mass is 10.5. The first kappa shape index (κ1) is 9.07. The number of hydrogen-bond donors (Lipinski definition) is 0. The number of rotatable bonds is 4. The summed E-state index contributed by atoms with van der Waals surface area (Å²) in [5.41, 5.74) is 0. The minimum Gasteiger partial charge on any atom is -0.252 e. The van der Waals surface area contributed by atoms with E-state index in [2.05, 4.69) is 16.3 Å². The molecule has 0 aliphatic rings. The summed E-state index contributed by atoms with van der Waals surface area (Å²) in [7, 11) is 0. The Labute approximate surface area is 75.6 Å². The average Bonchev–Trinajstić information content (AvgIpc) is 2.53. The predicted octanol–water partition coefficient (Wildman–Crippen LogP) is 0.903. The Bertz CT molecular complexity index is 275. The minimum absolute atomic E-state index is 0.249. The number of nitriles is 1. The van der Waals surface area contributed by atoms with Gasteiger partial charge in [-0.05, 0) is 18.4 Å². The Morgan fingerprint density at radius 2 is 2.58 bits per heavy atom. The standard InChI is InChI=1S/C7H10N4S/c1-12-4-2-3-11-6-9-7(5-8)10-11/h6H,2-4H2,1H3. The topological polar surface area (TPSA) is 54.5 Å². The van der Waals surface area contributed by atoms with E-state index in [9.17, 15) is 0 Å². The molecule has 1 aromatic rings. The quantitative estimate of drug-likeness (QED) is 0.649. The van der Waals surface area contributed by atoms with Gasteiger partial charge in [0.1, 0.15) is 12.4 Å². The van der Waals surface area contributed by atoms with Crippen molar-refractivity contribution in [2.45, 2.75) is 13.0 Å². The van der Waals surface area contributed by atoms with Gasteiger partial charge in [0.15, 0.2) is 0 Å². The van der Waals surface area contributed by atoms with Crippen molar-refractivity contribution in [1.29, 1.82) is 5.26 Å². The van der Waals surface area contributed by atoms with Crippen LogP contribution in [0.5, 0.6) is 0 Å². The maximum Gasteiger partial charge on any atom is 0.252 e. The molecule has 1 heterocycles. The Kier molecular flexibility index (Phi) is 3.61. The van der Waals surface area contributed by atoms with Crippen LogP contribution in [0, 0.1) is 11.3 Å². The molecule has 0 amide bonds. The number of nitrogens with zero attached hydrogens (tertiary/aromatic N) is 4. The van der Waals surface area contributed by atoms with Gasteiger partial charge in [0, 0.05) is 6.54 Å². The van der Waals surface area contributed by atoms with Gasteiger partial charge in [0.05, 0.1) is 0 Å². The highest BCUT2D eigenvalue weighted by atomic mass is 32.2. The van der Waals surface area contributed by atoms with Crippen LogP contribution in [0.3, 0.4) is 0 Å². The Morgan fingerprint density at radius 3 is 3.17 bits per heavy atom. The van der Waals surface area contributed by atoms with Crippen molar-refractivity contribution in [3.63, 3.8) is 0 Å². The summed E-state index contributed by atoms with van der Waals surface area (Å²) < 4.78 is 1.70. The van der Waals surface area contributed by atoms with Crippen LogP contribution in [0.2, 0.25) is 0 Å². The van der Waals surface area contributed by atoms with Crippen LogP contribution in [0.25, 0.3) is 0 Å². The van der Waals surface area contributed by atoms with Gasteiger partial charge in [0.2, 0.25) is 0 Å².